The summed E-state index contributed by atoms with van der Waals surface area (Å²) in [6.07, 6.45) is 12.7. The summed E-state index contributed by atoms with van der Waals surface area (Å²) in [5.74, 6) is -0.803. The third kappa shape index (κ3) is 12.6. The quantitative estimate of drug-likeness (QED) is 0.167. The molecule has 0 saturated heterocycles. The lowest BCUT2D eigenvalue weighted by Gasteiger charge is -2.28. The average molecular weight is 413 g/mol. The number of aliphatic hydroxyl groups excluding tert-OH is 1. The molecule has 168 valence electrons. The van der Waals surface area contributed by atoms with Gasteiger partial charge in [-0.1, -0.05) is 50.5 Å². The van der Waals surface area contributed by atoms with Crippen molar-refractivity contribution >= 4 is 11.8 Å². The number of unbranched alkanes of at least 4 members (excludes halogenated alkanes) is 3. The van der Waals surface area contributed by atoms with Crippen molar-refractivity contribution in [1.82, 2.24) is 0 Å². The van der Waals surface area contributed by atoms with E-state index in [9.17, 15) is 14.7 Å². The van der Waals surface area contributed by atoms with E-state index in [0.29, 0.717) is 25.7 Å². The molecule has 6 heteroatoms. The van der Waals surface area contributed by atoms with E-state index in [2.05, 4.69) is 11.7 Å². The molecule has 0 aliphatic carbocycles. The highest BCUT2D eigenvalue weighted by atomic mass is 16.7. The van der Waals surface area contributed by atoms with Gasteiger partial charge in [-0.25, -0.2) is 0 Å². The fourth-order valence-corrected chi connectivity index (χ4v) is 3.20. The van der Waals surface area contributed by atoms with Crippen molar-refractivity contribution in [3.05, 3.63) is 24.3 Å². The van der Waals surface area contributed by atoms with Crippen LogP contribution in [0.4, 0.5) is 0 Å². The number of ether oxygens (including phenoxy) is 3. The zero-order valence-electron chi connectivity index (χ0n) is 18.8. The molecule has 0 fully saturated rings. The first-order chi connectivity index (χ1) is 13.9. The molecule has 0 amide bonds. The van der Waals surface area contributed by atoms with Crippen molar-refractivity contribution < 1.29 is 28.9 Å². The van der Waals surface area contributed by atoms with Crippen LogP contribution in [0.15, 0.2) is 24.3 Å². The van der Waals surface area contributed by atoms with Crippen LogP contribution in [0.1, 0.15) is 65.2 Å². The van der Waals surface area contributed by atoms with Gasteiger partial charge in [0.15, 0.2) is 6.29 Å². The molecule has 0 bridgehead atoms. The number of hydrogen-bond acceptors (Lipinski definition) is 6. The van der Waals surface area contributed by atoms with Gasteiger partial charge in [0.05, 0.1) is 13.2 Å². The lowest BCUT2D eigenvalue weighted by Crippen LogP contribution is -2.33. The number of carbonyl (C=O) groups excluding carboxylic acids is 2. The zero-order valence-corrected chi connectivity index (χ0v) is 18.8. The van der Waals surface area contributed by atoms with E-state index in [4.69, 9.17) is 9.47 Å². The molecule has 29 heavy (non-hydrogen) atoms. The number of carbonyl (C=O) groups is 2. The summed E-state index contributed by atoms with van der Waals surface area (Å²) in [6.45, 7) is 3.69. The molecule has 0 aromatic heterocycles. The van der Waals surface area contributed by atoms with Gasteiger partial charge in [0, 0.05) is 32.5 Å². The third-order valence-corrected chi connectivity index (χ3v) is 4.96. The second kappa shape index (κ2) is 17.4. The van der Waals surface area contributed by atoms with E-state index in [1.54, 1.807) is 27.2 Å². The lowest BCUT2D eigenvalue weighted by molar-refractivity contribution is -0.147. The van der Waals surface area contributed by atoms with Crippen molar-refractivity contribution in [3.63, 3.8) is 0 Å². The van der Waals surface area contributed by atoms with E-state index < -0.39 is 12.4 Å². The minimum atomic E-state index is -0.573. The highest BCUT2D eigenvalue weighted by Gasteiger charge is 2.30. The van der Waals surface area contributed by atoms with Crippen LogP contribution in [-0.2, 0) is 23.8 Å². The van der Waals surface area contributed by atoms with E-state index in [0.717, 1.165) is 25.7 Å². The first-order valence-electron chi connectivity index (χ1n) is 10.5. The molecule has 1 N–H and O–H groups in total. The van der Waals surface area contributed by atoms with E-state index in [1.165, 1.54) is 7.11 Å². The molecule has 0 aliphatic rings. The summed E-state index contributed by atoms with van der Waals surface area (Å²) < 4.78 is 15.5. The minimum absolute atomic E-state index is 0.0402. The maximum absolute atomic E-state index is 12.3. The molecular formula is C23H40O6. The standard InChI is InChI=1S/C23H40O6/c1-6-7-10-13-19(25)16-17-21(23(28-4)29-5)20(18(2)24)14-11-8-9-12-15-22(26)27-3/h8,11,16-17,19-21,23,25H,6-7,9-10,12-15H2,1-5H3/b11-8-,17-16+/t19?,20-,21+/m0/s1. The molecule has 0 aromatic rings. The average Bonchev–Trinajstić information content (AvgIpc) is 2.70. The Morgan fingerprint density at radius 3 is 2.24 bits per heavy atom. The maximum Gasteiger partial charge on any atom is 0.305 e. The van der Waals surface area contributed by atoms with E-state index >= 15 is 0 Å². The lowest BCUT2D eigenvalue weighted by atomic mass is 9.84. The van der Waals surface area contributed by atoms with Gasteiger partial charge < -0.3 is 19.3 Å². The normalized spacial score (nSPS) is 15.1. The molecule has 0 heterocycles. The van der Waals surface area contributed by atoms with Crippen molar-refractivity contribution in [2.75, 3.05) is 21.3 Å². The number of methoxy groups -OCH3 is 3. The molecule has 3 atom stereocenters. The fraction of sp³-hybridized carbons (Fsp3) is 0.739. The van der Waals surface area contributed by atoms with Crippen LogP contribution in [-0.4, -0.2) is 50.6 Å². The van der Waals surface area contributed by atoms with Gasteiger partial charge in [0.2, 0.25) is 0 Å². The van der Waals surface area contributed by atoms with Gasteiger partial charge in [0.1, 0.15) is 5.78 Å². The molecule has 0 aliphatic heterocycles. The Bertz CT molecular complexity index is 496. The SMILES string of the molecule is CCCCCC(O)/C=C/[C@@H](C(OC)OC)[C@@H](C/C=C\CCCC(=O)OC)C(C)=O. The van der Waals surface area contributed by atoms with Gasteiger partial charge in [-0.3, -0.25) is 9.59 Å². The van der Waals surface area contributed by atoms with Gasteiger partial charge >= 0.3 is 5.97 Å². The van der Waals surface area contributed by atoms with E-state index in [-0.39, 0.29) is 23.6 Å². The smallest absolute Gasteiger partial charge is 0.305 e. The number of Topliss-reactive ketones (excluding diaryl/α,β-unsaturated/α-hetero) is 1. The van der Waals surface area contributed by atoms with E-state index in [1.807, 2.05) is 18.2 Å². The Morgan fingerprint density at radius 2 is 1.69 bits per heavy atom. The van der Waals surface area contributed by atoms with Crippen LogP contribution in [0.5, 0.6) is 0 Å². The van der Waals surface area contributed by atoms with Crippen molar-refractivity contribution in [2.24, 2.45) is 11.8 Å². The Morgan fingerprint density at radius 1 is 1.00 bits per heavy atom. The van der Waals surface area contributed by atoms with Gasteiger partial charge in [-0.05, 0) is 32.6 Å². The van der Waals surface area contributed by atoms with Crippen molar-refractivity contribution in [3.8, 4) is 0 Å². The number of rotatable bonds is 17. The highest BCUT2D eigenvalue weighted by Crippen LogP contribution is 2.26. The van der Waals surface area contributed by atoms with Crippen LogP contribution >= 0.6 is 0 Å². The molecule has 1 unspecified atom stereocenters. The van der Waals surface area contributed by atoms with Gasteiger partial charge in [0.25, 0.3) is 0 Å². The summed E-state index contributed by atoms with van der Waals surface area (Å²) in [4.78, 5) is 23.5. The Kier molecular flexibility index (Phi) is 16.5. The van der Waals surface area contributed by atoms with Crippen LogP contribution in [0.2, 0.25) is 0 Å². The topological polar surface area (TPSA) is 82.1 Å². The minimum Gasteiger partial charge on any atom is -0.469 e. The first kappa shape index (κ1) is 27.5. The number of ketones is 1. The number of aliphatic hydroxyl groups is 1. The Labute approximate surface area is 176 Å². The predicted octanol–water partition coefficient (Wildman–Crippen LogP) is 4.21. The third-order valence-electron chi connectivity index (χ3n) is 4.96. The second-order valence-corrected chi connectivity index (χ2v) is 7.26. The van der Waals surface area contributed by atoms with Crippen LogP contribution in [0.3, 0.4) is 0 Å². The summed E-state index contributed by atoms with van der Waals surface area (Å²) >= 11 is 0. The Hall–Kier alpha value is -1.50. The Balaban J connectivity index is 5.00. The highest BCUT2D eigenvalue weighted by molar-refractivity contribution is 5.79. The first-order valence-corrected chi connectivity index (χ1v) is 10.5. The summed E-state index contributed by atoms with van der Waals surface area (Å²) in [7, 11) is 4.48. The van der Waals surface area contributed by atoms with Crippen molar-refractivity contribution in [1.29, 1.82) is 0 Å². The molecule has 0 spiro atoms. The van der Waals surface area contributed by atoms with Crippen LogP contribution < -0.4 is 0 Å². The van der Waals surface area contributed by atoms with Gasteiger partial charge in [-0.2, -0.15) is 0 Å². The molecule has 0 radical (unpaired) electrons. The number of allylic oxidation sites excluding steroid dienone is 2. The fourth-order valence-electron chi connectivity index (χ4n) is 3.20. The number of hydrogen-bond donors (Lipinski definition) is 1. The molecule has 0 aromatic carbocycles. The van der Waals surface area contributed by atoms with Crippen molar-refractivity contribution in [2.45, 2.75) is 77.6 Å². The maximum atomic E-state index is 12.3. The molecule has 0 rings (SSSR count). The van der Waals surface area contributed by atoms with Crippen LogP contribution in [0, 0.1) is 11.8 Å². The molecule has 0 saturated carbocycles. The molecule has 6 nitrogen and oxygen atoms in total. The summed E-state index contributed by atoms with van der Waals surface area (Å²) in [6, 6.07) is 0. The predicted molar refractivity (Wildman–Crippen MR) is 114 cm³/mol. The van der Waals surface area contributed by atoms with Gasteiger partial charge in [-0.15, -0.1) is 0 Å². The zero-order chi connectivity index (χ0) is 22.1. The largest absolute Gasteiger partial charge is 0.469 e. The summed E-state index contributed by atoms with van der Waals surface area (Å²) in [5, 5.41) is 10.2. The number of esters is 1. The second-order valence-electron chi connectivity index (χ2n) is 7.26. The summed E-state index contributed by atoms with van der Waals surface area (Å²) in [5.41, 5.74) is 0. The van der Waals surface area contributed by atoms with Crippen LogP contribution in [0.25, 0.3) is 0 Å². The molecular weight excluding hydrogens is 372 g/mol. The monoisotopic (exact) mass is 412 g/mol.